The molecule has 1 amide bonds. The molecule has 1 aliphatic rings. The molecule has 2 N–H and O–H groups in total. The van der Waals surface area contributed by atoms with E-state index in [0.717, 1.165) is 37.2 Å². The molecule has 18 heavy (non-hydrogen) atoms. The van der Waals surface area contributed by atoms with E-state index in [-0.39, 0.29) is 11.9 Å². The summed E-state index contributed by atoms with van der Waals surface area (Å²) >= 11 is 0. The SMILES string of the molecule is CCCNC(=O)C(C)Nc1ncnc2c1CCC2. The van der Waals surface area contributed by atoms with Crippen molar-refractivity contribution in [1.82, 2.24) is 15.3 Å². The smallest absolute Gasteiger partial charge is 0.242 e. The zero-order valence-corrected chi connectivity index (χ0v) is 11.0. The highest BCUT2D eigenvalue weighted by Crippen LogP contribution is 2.25. The van der Waals surface area contributed by atoms with E-state index >= 15 is 0 Å². The number of aromatic nitrogens is 2. The maximum Gasteiger partial charge on any atom is 0.242 e. The first kappa shape index (κ1) is 12.8. The molecule has 2 rings (SSSR count). The lowest BCUT2D eigenvalue weighted by Gasteiger charge is -2.16. The number of carbonyl (C=O) groups excluding carboxylic acids is 1. The summed E-state index contributed by atoms with van der Waals surface area (Å²) in [5.74, 6) is 0.832. The Kier molecular flexibility index (Phi) is 4.12. The van der Waals surface area contributed by atoms with Crippen molar-refractivity contribution in [3.63, 3.8) is 0 Å². The Morgan fingerprint density at radius 2 is 2.28 bits per heavy atom. The van der Waals surface area contributed by atoms with Crippen LogP contribution in [0.4, 0.5) is 5.82 Å². The molecular weight excluding hydrogens is 228 g/mol. The highest BCUT2D eigenvalue weighted by molar-refractivity contribution is 5.84. The van der Waals surface area contributed by atoms with Gasteiger partial charge in [0.1, 0.15) is 18.2 Å². The number of anilines is 1. The average Bonchev–Trinajstić information content (AvgIpc) is 2.85. The van der Waals surface area contributed by atoms with Crippen LogP contribution in [0.15, 0.2) is 6.33 Å². The average molecular weight is 248 g/mol. The zero-order chi connectivity index (χ0) is 13.0. The molecule has 0 saturated carbocycles. The lowest BCUT2D eigenvalue weighted by molar-refractivity contribution is -0.121. The highest BCUT2D eigenvalue weighted by atomic mass is 16.2. The van der Waals surface area contributed by atoms with Gasteiger partial charge in [-0.25, -0.2) is 9.97 Å². The molecule has 1 aromatic rings. The minimum absolute atomic E-state index is 0.0159. The molecule has 1 unspecified atom stereocenters. The van der Waals surface area contributed by atoms with Gasteiger partial charge in [0.25, 0.3) is 0 Å². The molecule has 1 atom stereocenters. The molecular formula is C13H20N4O. The lowest BCUT2D eigenvalue weighted by atomic mass is 10.2. The van der Waals surface area contributed by atoms with E-state index in [0.29, 0.717) is 6.54 Å². The van der Waals surface area contributed by atoms with Gasteiger partial charge in [0.15, 0.2) is 0 Å². The standard InChI is InChI=1S/C13H20N4O/c1-3-7-14-13(18)9(2)17-12-10-5-4-6-11(10)15-8-16-12/h8-9H,3-7H2,1-2H3,(H,14,18)(H,15,16,17). The Labute approximate surface area is 107 Å². The van der Waals surface area contributed by atoms with Crippen molar-refractivity contribution in [2.45, 2.75) is 45.6 Å². The van der Waals surface area contributed by atoms with Crippen LogP contribution in [0.3, 0.4) is 0 Å². The number of aryl methyl sites for hydroxylation is 1. The molecule has 1 aromatic heterocycles. The molecule has 5 nitrogen and oxygen atoms in total. The molecule has 0 aromatic carbocycles. The number of carbonyl (C=O) groups is 1. The molecule has 1 heterocycles. The first-order valence-electron chi connectivity index (χ1n) is 6.59. The first-order valence-corrected chi connectivity index (χ1v) is 6.59. The molecule has 0 saturated heterocycles. The number of hydrogen-bond acceptors (Lipinski definition) is 4. The Morgan fingerprint density at radius 1 is 1.44 bits per heavy atom. The second kappa shape index (κ2) is 5.80. The van der Waals surface area contributed by atoms with Gasteiger partial charge >= 0.3 is 0 Å². The van der Waals surface area contributed by atoms with E-state index < -0.39 is 0 Å². The summed E-state index contributed by atoms with van der Waals surface area (Å²) in [7, 11) is 0. The van der Waals surface area contributed by atoms with Gasteiger partial charge in [0, 0.05) is 17.8 Å². The number of nitrogens with one attached hydrogen (secondary N) is 2. The van der Waals surface area contributed by atoms with Gasteiger partial charge in [-0.1, -0.05) is 6.92 Å². The summed E-state index contributed by atoms with van der Waals surface area (Å²) in [4.78, 5) is 20.3. The van der Waals surface area contributed by atoms with Crippen molar-refractivity contribution in [1.29, 1.82) is 0 Å². The number of hydrogen-bond donors (Lipinski definition) is 2. The van der Waals surface area contributed by atoms with Gasteiger partial charge in [0.2, 0.25) is 5.91 Å². The summed E-state index contributed by atoms with van der Waals surface area (Å²) in [6.45, 7) is 4.61. The molecule has 0 spiro atoms. The lowest BCUT2D eigenvalue weighted by Crippen LogP contribution is -2.38. The van der Waals surface area contributed by atoms with E-state index in [1.807, 2.05) is 13.8 Å². The number of nitrogens with zero attached hydrogens (tertiary/aromatic N) is 2. The van der Waals surface area contributed by atoms with Crippen LogP contribution < -0.4 is 10.6 Å². The van der Waals surface area contributed by atoms with E-state index in [1.54, 1.807) is 6.33 Å². The Morgan fingerprint density at radius 3 is 3.06 bits per heavy atom. The number of amides is 1. The van der Waals surface area contributed by atoms with Gasteiger partial charge in [-0.15, -0.1) is 0 Å². The predicted octanol–water partition coefficient (Wildman–Crippen LogP) is 1.29. The van der Waals surface area contributed by atoms with Gasteiger partial charge < -0.3 is 10.6 Å². The summed E-state index contributed by atoms with van der Waals surface area (Å²) in [6.07, 6.45) is 5.66. The predicted molar refractivity (Wildman–Crippen MR) is 70.4 cm³/mol. The third-order valence-corrected chi connectivity index (χ3v) is 3.17. The maximum absolute atomic E-state index is 11.8. The third kappa shape index (κ3) is 2.78. The molecule has 5 heteroatoms. The molecule has 0 fully saturated rings. The third-order valence-electron chi connectivity index (χ3n) is 3.17. The molecule has 98 valence electrons. The summed E-state index contributed by atoms with van der Waals surface area (Å²) in [6, 6.07) is -0.267. The maximum atomic E-state index is 11.8. The molecule has 0 bridgehead atoms. The summed E-state index contributed by atoms with van der Waals surface area (Å²) < 4.78 is 0. The monoisotopic (exact) mass is 248 g/mol. The van der Waals surface area contributed by atoms with E-state index in [2.05, 4.69) is 20.6 Å². The molecule has 0 radical (unpaired) electrons. The van der Waals surface area contributed by atoms with E-state index in [9.17, 15) is 4.79 Å². The van der Waals surface area contributed by atoms with Crippen molar-refractivity contribution in [2.24, 2.45) is 0 Å². The van der Waals surface area contributed by atoms with Gasteiger partial charge in [-0.2, -0.15) is 0 Å². The van der Waals surface area contributed by atoms with Crippen LogP contribution in [0.2, 0.25) is 0 Å². The fourth-order valence-electron chi connectivity index (χ4n) is 2.16. The topological polar surface area (TPSA) is 66.9 Å². The first-order chi connectivity index (χ1) is 8.72. The summed E-state index contributed by atoms with van der Waals surface area (Å²) in [5, 5.41) is 6.06. The second-order valence-electron chi connectivity index (χ2n) is 4.66. The van der Waals surface area contributed by atoms with Crippen molar-refractivity contribution in [3.8, 4) is 0 Å². The van der Waals surface area contributed by atoms with E-state index in [1.165, 1.54) is 5.56 Å². The normalized spacial score (nSPS) is 15.0. The Bertz CT molecular complexity index is 433. The van der Waals surface area contributed by atoms with E-state index in [4.69, 9.17) is 0 Å². The highest BCUT2D eigenvalue weighted by Gasteiger charge is 2.20. The van der Waals surface area contributed by atoms with Crippen LogP contribution >= 0.6 is 0 Å². The quantitative estimate of drug-likeness (QED) is 0.824. The molecule has 1 aliphatic carbocycles. The van der Waals surface area contributed by atoms with Crippen LogP contribution in [0, 0.1) is 0 Å². The Hall–Kier alpha value is -1.65. The van der Waals surface area contributed by atoms with Crippen molar-refractivity contribution < 1.29 is 4.79 Å². The second-order valence-corrected chi connectivity index (χ2v) is 4.66. The van der Waals surface area contributed by atoms with Crippen LogP contribution in [-0.4, -0.2) is 28.5 Å². The van der Waals surface area contributed by atoms with Gasteiger partial charge in [0.05, 0.1) is 0 Å². The number of rotatable bonds is 5. The minimum Gasteiger partial charge on any atom is -0.358 e. The summed E-state index contributed by atoms with van der Waals surface area (Å²) in [5.41, 5.74) is 2.29. The van der Waals surface area contributed by atoms with Crippen LogP contribution in [0.5, 0.6) is 0 Å². The van der Waals surface area contributed by atoms with Crippen molar-refractivity contribution >= 4 is 11.7 Å². The largest absolute Gasteiger partial charge is 0.358 e. The molecule has 0 aliphatic heterocycles. The van der Waals surface area contributed by atoms with Crippen LogP contribution in [-0.2, 0) is 17.6 Å². The Balaban J connectivity index is 2.01. The minimum atomic E-state index is -0.267. The van der Waals surface area contributed by atoms with Crippen LogP contribution in [0.25, 0.3) is 0 Å². The van der Waals surface area contributed by atoms with Gasteiger partial charge in [-0.05, 0) is 32.6 Å². The van der Waals surface area contributed by atoms with Crippen molar-refractivity contribution in [3.05, 3.63) is 17.6 Å². The van der Waals surface area contributed by atoms with Crippen LogP contribution in [0.1, 0.15) is 37.9 Å². The zero-order valence-electron chi connectivity index (χ0n) is 11.0. The van der Waals surface area contributed by atoms with Gasteiger partial charge in [-0.3, -0.25) is 4.79 Å². The number of fused-ring (bicyclic) bond motifs is 1. The van der Waals surface area contributed by atoms with Crippen molar-refractivity contribution in [2.75, 3.05) is 11.9 Å². The fraction of sp³-hybridized carbons (Fsp3) is 0.615. The fourth-order valence-corrected chi connectivity index (χ4v) is 2.16.